The average Bonchev–Trinajstić information content (AvgIpc) is 2.98. The van der Waals surface area contributed by atoms with Crippen molar-refractivity contribution < 1.29 is 0 Å². The summed E-state index contributed by atoms with van der Waals surface area (Å²) in [5.41, 5.74) is 9.29. The lowest BCUT2D eigenvalue weighted by Crippen LogP contribution is -2.14. The van der Waals surface area contributed by atoms with E-state index in [1.54, 1.807) is 11.3 Å². The minimum absolute atomic E-state index is 0.476. The molecule has 0 atom stereocenters. The molecule has 0 aliphatic heterocycles. The Morgan fingerprint density at radius 2 is 2.05 bits per heavy atom. The minimum atomic E-state index is 0.476. The summed E-state index contributed by atoms with van der Waals surface area (Å²) in [5.74, 6) is 0.929. The second-order valence-corrected chi connectivity index (χ2v) is 5.41. The van der Waals surface area contributed by atoms with Crippen LogP contribution in [0.4, 0.5) is 11.5 Å². The molecule has 0 spiro atoms. The zero-order valence-electron chi connectivity index (χ0n) is 11.0. The summed E-state index contributed by atoms with van der Waals surface area (Å²) >= 11 is 1.62. The van der Waals surface area contributed by atoms with Crippen LogP contribution in [-0.4, -0.2) is 16.4 Å². The van der Waals surface area contributed by atoms with Crippen LogP contribution in [-0.2, 0) is 6.54 Å². The number of thiazole rings is 1. The Kier molecular flexibility index (Phi) is 3.00. The van der Waals surface area contributed by atoms with Crippen LogP contribution < -0.4 is 10.6 Å². The fraction of sp³-hybridized carbons (Fsp3) is 0.214. The quantitative estimate of drug-likeness (QED) is 0.797. The first kappa shape index (κ1) is 12.2. The molecular formula is C14H16N4S. The Morgan fingerprint density at radius 1 is 1.32 bits per heavy atom. The summed E-state index contributed by atoms with van der Waals surface area (Å²) in [5, 5.41) is 2.02. The average molecular weight is 272 g/mol. The molecule has 0 saturated carbocycles. The minimum Gasteiger partial charge on any atom is -0.328 e. The van der Waals surface area contributed by atoms with Crippen molar-refractivity contribution in [2.45, 2.75) is 13.5 Å². The maximum Gasteiger partial charge on any atom is 0.195 e. The molecule has 0 aliphatic rings. The standard InChI is InChI=1S/C14H16N4S/c1-10-3-5-11(6-4-10)17(2)13-12(9-15)18-7-8-19-14(18)16-13/h3-8H,9,15H2,1-2H3. The van der Waals surface area contributed by atoms with Crippen LogP contribution in [0.1, 0.15) is 11.3 Å². The maximum atomic E-state index is 5.88. The first-order valence-electron chi connectivity index (χ1n) is 6.15. The number of aromatic nitrogens is 2. The van der Waals surface area contributed by atoms with E-state index in [1.165, 1.54) is 5.56 Å². The van der Waals surface area contributed by atoms with Crippen LogP contribution in [0.25, 0.3) is 4.96 Å². The number of nitrogens with zero attached hydrogens (tertiary/aromatic N) is 3. The lowest BCUT2D eigenvalue weighted by molar-refractivity contribution is 0.954. The number of hydrogen-bond donors (Lipinski definition) is 1. The molecule has 3 aromatic rings. The van der Waals surface area contributed by atoms with Gasteiger partial charge in [0.15, 0.2) is 10.8 Å². The second-order valence-electron chi connectivity index (χ2n) is 4.54. The third-order valence-corrected chi connectivity index (χ3v) is 4.03. The zero-order valence-corrected chi connectivity index (χ0v) is 11.8. The lowest BCUT2D eigenvalue weighted by atomic mass is 10.2. The molecule has 0 amide bonds. The summed E-state index contributed by atoms with van der Waals surface area (Å²) in [6.45, 7) is 2.56. The van der Waals surface area contributed by atoms with Crippen molar-refractivity contribution in [2.75, 3.05) is 11.9 Å². The second kappa shape index (κ2) is 4.68. The molecule has 2 N–H and O–H groups in total. The molecule has 3 rings (SSSR count). The molecule has 0 unspecified atom stereocenters. The van der Waals surface area contributed by atoms with Gasteiger partial charge in [0.2, 0.25) is 0 Å². The summed E-state index contributed by atoms with van der Waals surface area (Å²) < 4.78 is 2.06. The molecule has 19 heavy (non-hydrogen) atoms. The van der Waals surface area contributed by atoms with Crippen LogP contribution >= 0.6 is 11.3 Å². The fourth-order valence-corrected chi connectivity index (χ4v) is 2.90. The topological polar surface area (TPSA) is 46.6 Å². The highest BCUT2D eigenvalue weighted by Gasteiger charge is 2.16. The van der Waals surface area contributed by atoms with E-state index in [9.17, 15) is 0 Å². The SMILES string of the molecule is Cc1ccc(N(C)c2nc3sccn3c2CN)cc1. The molecule has 2 aromatic heterocycles. The van der Waals surface area contributed by atoms with E-state index in [0.717, 1.165) is 22.2 Å². The summed E-state index contributed by atoms with van der Waals surface area (Å²) in [6, 6.07) is 8.41. The largest absolute Gasteiger partial charge is 0.328 e. The fourth-order valence-electron chi connectivity index (χ4n) is 2.17. The number of aryl methyl sites for hydroxylation is 1. The van der Waals surface area contributed by atoms with Crippen LogP contribution in [0.2, 0.25) is 0 Å². The van der Waals surface area contributed by atoms with E-state index in [4.69, 9.17) is 5.73 Å². The molecular weight excluding hydrogens is 256 g/mol. The number of nitrogens with two attached hydrogens (primary N) is 1. The van der Waals surface area contributed by atoms with Crippen molar-refractivity contribution in [3.8, 4) is 0 Å². The third-order valence-electron chi connectivity index (χ3n) is 3.27. The van der Waals surface area contributed by atoms with Gasteiger partial charge in [-0.05, 0) is 19.1 Å². The normalized spacial score (nSPS) is 11.1. The van der Waals surface area contributed by atoms with Gasteiger partial charge in [-0.3, -0.25) is 4.40 Å². The summed E-state index contributed by atoms with van der Waals surface area (Å²) in [4.78, 5) is 7.74. The zero-order chi connectivity index (χ0) is 13.4. The first-order chi connectivity index (χ1) is 9.20. The summed E-state index contributed by atoms with van der Waals surface area (Å²) in [7, 11) is 2.02. The molecule has 0 fully saturated rings. The van der Waals surface area contributed by atoms with Gasteiger partial charge in [0.25, 0.3) is 0 Å². The third kappa shape index (κ3) is 2.01. The van der Waals surface area contributed by atoms with Gasteiger partial charge in [0.1, 0.15) is 0 Å². The van der Waals surface area contributed by atoms with Crippen molar-refractivity contribution in [1.29, 1.82) is 0 Å². The van der Waals surface area contributed by atoms with Crippen LogP contribution in [0.15, 0.2) is 35.8 Å². The van der Waals surface area contributed by atoms with Gasteiger partial charge >= 0.3 is 0 Å². The molecule has 4 nitrogen and oxygen atoms in total. The number of hydrogen-bond acceptors (Lipinski definition) is 4. The van der Waals surface area contributed by atoms with Gasteiger partial charge in [0, 0.05) is 30.9 Å². The predicted octanol–water partition coefficient (Wildman–Crippen LogP) is 2.93. The maximum absolute atomic E-state index is 5.88. The van der Waals surface area contributed by atoms with Crippen LogP contribution in [0.5, 0.6) is 0 Å². The molecule has 2 heterocycles. The van der Waals surface area contributed by atoms with E-state index in [1.807, 2.05) is 18.6 Å². The van der Waals surface area contributed by atoms with Crippen molar-refractivity contribution in [2.24, 2.45) is 5.73 Å². The molecule has 0 radical (unpaired) electrons. The smallest absolute Gasteiger partial charge is 0.195 e. The molecule has 1 aromatic carbocycles. The number of imidazole rings is 1. The predicted molar refractivity (Wildman–Crippen MR) is 80.2 cm³/mol. The van der Waals surface area contributed by atoms with Gasteiger partial charge in [0.05, 0.1) is 5.69 Å². The highest BCUT2D eigenvalue weighted by Crippen LogP contribution is 2.28. The lowest BCUT2D eigenvalue weighted by Gasteiger charge is -2.18. The van der Waals surface area contributed by atoms with Crippen LogP contribution in [0.3, 0.4) is 0 Å². The van der Waals surface area contributed by atoms with Crippen LogP contribution in [0, 0.1) is 6.92 Å². The Bertz CT molecular complexity index is 696. The monoisotopic (exact) mass is 272 g/mol. The summed E-state index contributed by atoms with van der Waals surface area (Å²) in [6.07, 6.45) is 2.02. The first-order valence-corrected chi connectivity index (χ1v) is 7.03. The molecule has 0 saturated heterocycles. The Balaban J connectivity index is 2.07. The number of rotatable bonds is 3. The molecule has 0 bridgehead atoms. The highest BCUT2D eigenvalue weighted by molar-refractivity contribution is 7.15. The molecule has 0 aliphatic carbocycles. The Labute approximate surface area is 116 Å². The number of anilines is 2. The van der Waals surface area contributed by atoms with E-state index in [2.05, 4.69) is 45.5 Å². The van der Waals surface area contributed by atoms with Crippen molar-refractivity contribution in [1.82, 2.24) is 9.38 Å². The van der Waals surface area contributed by atoms with E-state index < -0.39 is 0 Å². The van der Waals surface area contributed by atoms with Crippen molar-refractivity contribution >= 4 is 27.8 Å². The van der Waals surface area contributed by atoms with Crippen molar-refractivity contribution in [3.63, 3.8) is 0 Å². The van der Waals surface area contributed by atoms with E-state index in [-0.39, 0.29) is 0 Å². The molecule has 98 valence electrons. The van der Waals surface area contributed by atoms with E-state index >= 15 is 0 Å². The Morgan fingerprint density at radius 3 is 2.74 bits per heavy atom. The van der Waals surface area contributed by atoms with E-state index in [0.29, 0.717) is 6.54 Å². The van der Waals surface area contributed by atoms with Gasteiger partial charge in [-0.2, -0.15) is 0 Å². The number of benzene rings is 1. The van der Waals surface area contributed by atoms with Gasteiger partial charge in [-0.25, -0.2) is 4.98 Å². The highest BCUT2D eigenvalue weighted by atomic mass is 32.1. The van der Waals surface area contributed by atoms with Gasteiger partial charge in [-0.15, -0.1) is 11.3 Å². The number of fused-ring (bicyclic) bond motifs is 1. The Hall–Kier alpha value is -1.85. The van der Waals surface area contributed by atoms with Gasteiger partial charge in [-0.1, -0.05) is 17.7 Å². The molecule has 5 heteroatoms. The van der Waals surface area contributed by atoms with Gasteiger partial charge < -0.3 is 10.6 Å². The van der Waals surface area contributed by atoms with Crippen molar-refractivity contribution in [3.05, 3.63) is 47.1 Å².